The second-order valence-electron chi connectivity index (χ2n) is 5.02. The highest BCUT2D eigenvalue weighted by molar-refractivity contribution is 9.10. The van der Waals surface area contributed by atoms with E-state index in [1.807, 2.05) is 0 Å². The maximum Gasteiger partial charge on any atom is 0.125 e. The Labute approximate surface area is 111 Å². The van der Waals surface area contributed by atoms with Crippen LogP contribution in [-0.2, 0) is 0 Å². The third-order valence-corrected chi connectivity index (χ3v) is 4.28. The number of nitrogens with one attached hydrogen (secondary N) is 1. The summed E-state index contributed by atoms with van der Waals surface area (Å²) in [5, 5.41) is 3.78. The van der Waals surface area contributed by atoms with E-state index < -0.39 is 0 Å². The van der Waals surface area contributed by atoms with E-state index >= 15 is 0 Å². The lowest BCUT2D eigenvalue weighted by atomic mass is 9.90. The van der Waals surface area contributed by atoms with E-state index in [1.165, 1.54) is 31.2 Å². The first-order chi connectivity index (χ1) is 8.33. The molecule has 1 heterocycles. The standard InChI is InChI=1S/C14H18BrNO/c15-10-6-7-12-13(16-11-3-1-4-11)5-2-8-17-14(12)9-10/h6-7,9,11,13,16H,1-5,8H2. The SMILES string of the molecule is Brc1ccc2c(c1)OCCCC2NC1CCC1. The molecule has 92 valence electrons. The Morgan fingerprint density at radius 1 is 1.18 bits per heavy atom. The number of fused-ring (bicyclic) bond motifs is 1. The molecule has 1 aromatic rings. The van der Waals surface area contributed by atoms with Gasteiger partial charge in [0.05, 0.1) is 6.61 Å². The fourth-order valence-corrected chi connectivity index (χ4v) is 2.92. The van der Waals surface area contributed by atoms with E-state index in [0.29, 0.717) is 6.04 Å². The van der Waals surface area contributed by atoms with Crippen LogP contribution in [0.5, 0.6) is 5.75 Å². The minimum absolute atomic E-state index is 0.478. The minimum atomic E-state index is 0.478. The predicted octanol–water partition coefficient (Wildman–Crippen LogP) is 3.80. The molecule has 0 aromatic heterocycles. The summed E-state index contributed by atoms with van der Waals surface area (Å²) in [6, 6.07) is 7.61. The third kappa shape index (κ3) is 2.50. The second-order valence-corrected chi connectivity index (χ2v) is 5.94. The van der Waals surface area contributed by atoms with Gasteiger partial charge in [0.15, 0.2) is 0 Å². The summed E-state index contributed by atoms with van der Waals surface area (Å²) < 4.78 is 6.92. The molecule has 1 saturated carbocycles. The van der Waals surface area contributed by atoms with Crippen molar-refractivity contribution in [2.45, 2.75) is 44.2 Å². The zero-order valence-electron chi connectivity index (χ0n) is 9.92. The zero-order chi connectivity index (χ0) is 11.7. The Bertz CT molecular complexity index is 403. The largest absolute Gasteiger partial charge is 0.493 e. The molecule has 0 amide bonds. The molecule has 2 nitrogen and oxygen atoms in total. The molecule has 0 saturated heterocycles. The number of rotatable bonds is 2. The highest BCUT2D eigenvalue weighted by atomic mass is 79.9. The highest BCUT2D eigenvalue weighted by Crippen LogP contribution is 2.35. The maximum absolute atomic E-state index is 5.82. The molecule has 0 radical (unpaired) electrons. The first kappa shape index (κ1) is 11.5. The van der Waals surface area contributed by atoms with Crippen molar-refractivity contribution in [3.8, 4) is 5.75 Å². The van der Waals surface area contributed by atoms with Gasteiger partial charge in [0.1, 0.15) is 5.75 Å². The molecule has 1 aromatic carbocycles. The second kappa shape index (κ2) is 4.99. The van der Waals surface area contributed by atoms with Crippen molar-refractivity contribution in [2.75, 3.05) is 6.61 Å². The molecule has 1 N–H and O–H groups in total. The van der Waals surface area contributed by atoms with Crippen molar-refractivity contribution in [3.63, 3.8) is 0 Å². The third-order valence-electron chi connectivity index (χ3n) is 3.79. The van der Waals surface area contributed by atoms with E-state index in [9.17, 15) is 0 Å². The topological polar surface area (TPSA) is 21.3 Å². The Morgan fingerprint density at radius 3 is 2.82 bits per heavy atom. The number of ether oxygens (including phenoxy) is 1. The summed E-state index contributed by atoms with van der Waals surface area (Å²) in [4.78, 5) is 0. The number of halogens is 1. The summed E-state index contributed by atoms with van der Waals surface area (Å²) in [5.74, 6) is 1.05. The van der Waals surface area contributed by atoms with Gasteiger partial charge in [-0.2, -0.15) is 0 Å². The zero-order valence-corrected chi connectivity index (χ0v) is 11.5. The summed E-state index contributed by atoms with van der Waals surface area (Å²) >= 11 is 3.51. The molecule has 2 aliphatic rings. The Kier molecular flexibility index (Phi) is 3.39. The molecule has 1 fully saturated rings. The van der Waals surface area contributed by atoms with Gasteiger partial charge < -0.3 is 10.1 Å². The van der Waals surface area contributed by atoms with E-state index in [0.717, 1.165) is 29.3 Å². The smallest absolute Gasteiger partial charge is 0.125 e. The molecule has 1 unspecified atom stereocenters. The molecule has 1 aliphatic heterocycles. The van der Waals surface area contributed by atoms with E-state index in [1.54, 1.807) is 0 Å². The van der Waals surface area contributed by atoms with Gasteiger partial charge in [0, 0.05) is 22.1 Å². The van der Waals surface area contributed by atoms with Crippen LogP contribution in [0.4, 0.5) is 0 Å². The van der Waals surface area contributed by atoms with Crippen LogP contribution >= 0.6 is 15.9 Å². The fraction of sp³-hybridized carbons (Fsp3) is 0.571. The normalized spacial score (nSPS) is 24.4. The molecule has 1 atom stereocenters. The average molecular weight is 296 g/mol. The van der Waals surface area contributed by atoms with Crippen molar-refractivity contribution in [3.05, 3.63) is 28.2 Å². The van der Waals surface area contributed by atoms with Gasteiger partial charge in [-0.1, -0.05) is 28.4 Å². The van der Waals surface area contributed by atoms with Crippen molar-refractivity contribution in [1.82, 2.24) is 5.32 Å². The summed E-state index contributed by atoms with van der Waals surface area (Å²) in [6.07, 6.45) is 6.38. The van der Waals surface area contributed by atoms with E-state index in [2.05, 4.69) is 39.4 Å². The lowest BCUT2D eigenvalue weighted by molar-refractivity contribution is 0.292. The van der Waals surface area contributed by atoms with Gasteiger partial charge >= 0.3 is 0 Å². The molecule has 0 bridgehead atoms. The molecular formula is C14H18BrNO. The van der Waals surface area contributed by atoms with Gasteiger partial charge in [0.25, 0.3) is 0 Å². The quantitative estimate of drug-likeness (QED) is 0.896. The Morgan fingerprint density at radius 2 is 2.06 bits per heavy atom. The molecule has 0 spiro atoms. The highest BCUT2D eigenvalue weighted by Gasteiger charge is 2.25. The van der Waals surface area contributed by atoms with Crippen LogP contribution in [0.25, 0.3) is 0 Å². The van der Waals surface area contributed by atoms with Gasteiger partial charge in [-0.25, -0.2) is 0 Å². The van der Waals surface area contributed by atoms with Crippen LogP contribution in [-0.4, -0.2) is 12.6 Å². The van der Waals surface area contributed by atoms with E-state index in [4.69, 9.17) is 4.74 Å². The lowest BCUT2D eigenvalue weighted by Gasteiger charge is -2.31. The number of benzene rings is 1. The number of hydrogen-bond acceptors (Lipinski definition) is 2. The predicted molar refractivity (Wildman–Crippen MR) is 72.4 cm³/mol. The van der Waals surface area contributed by atoms with Crippen molar-refractivity contribution in [1.29, 1.82) is 0 Å². The molecule has 17 heavy (non-hydrogen) atoms. The molecule has 1 aliphatic carbocycles. The number of hydrogen-bond donors (Lipinski definition) is 1. The Hall–Kier alpha value is -0.540. The first-order valence-corrected chi connectivity index (χ1v) is 7.30. The first-order valence-electron chi connectivity index (χ1n) is 6.51. The van der Waals surface area contributed by atoms with E-state index in [-0.39, 0.29) is 0 Å². The maximum atomic E-state index is 5.82. The fourth-order valence-electron chi connectivity index (χ4n) is 2.58. The van der Waals surface area contributed by atoms with Gasteiger partial charge in [-0.15, -0.1) is 0 Å². The van der Waals surface area contributed by atoms with Crippen LogP contribution in [0.15, 0.2) is 22.7 Å². The summed E-state index contributed by atoms with van der Waals surface area (Å²) in [6.45, 7) is 0.840. The molecular weight excluding hydrogens is 278 g/mol. The van der Waals surface area contributed by atoms with Gasteiger partial charge in [-0.05, 0) is 37.8 Å². The van der Waals surface area contributed by atoms with Crippen LogP contribution in [0.3, 0.4) is 0 Å². The summed E-state index contributed by atoms with van der Waals surface area (Å²) in [5.41, 5.74) is 1.33. The van der Waals surface area contributed by atoms with Crippen LogP contribution in [0.2, 0.25) is 0 Å². The van der Waals surface area contributed by atoms with Crippen LogP contribution in [0, 0.1) is 0 Å². The Balaban J connectivity index is 1.84. The van der Waals surface area contributed by atoms with Gasteiger partial charge in [0.2, 0.25) is 0 Å². The monoisotopic (exact) mass is 295 g/mol. The minimum Gasteiger partial charge on any atom is -0.493 e. The van der Waals surface area contributed by atoms with Crippen molar-refractivity contribution in [2.24, 2.45) is 0 Å². The lowest BCUT2D eigenvalue weighted by Crippen LogP contribution is -2.37. The molecule has 3 rings (SSSR count). The van der Waals surface area contributed by atoms with Crippen LogP contribution < -0.4 is 10.1 Å². The van der Waals surface area contributed by atoms with Gasteiger partial charge in [-0.3, -0.25) is 0 Å². The van der Waals surface area contributed by atoms with Crippen molar-refractivity contribution < 1.29 is 4.74 Å². The van der Waals surface area contributed by atoms with Crippen molar-refractivity contribution >= 4 is 15.9 Å². The average Bonchev–Trinajstić information content (AvgIpc) is 2.45. The summed E-state index contributed by atoms with van der Waals surface area (Å²) in [7, 11) is 0. The van der Waals surface area contributed by atoms with Crippen LogP contribution in [0.1, 0.15) is 43.7 Å². The molecule has 3 heteroatoms.